The standard InChI is InChI=1S/C20H29N3O7S/c1-5-30-20(26)16-7-6-12-23(13-16)18(24)14-21(2)19(25)15-8-10-17(11-9-15)31(27,28)22(3)29-4/h8-11,16H,5-7,12-14H2,1-4H3. The van der Waals surface area contributed by atoms with Gasteiger partial charge in [-0.1, -0.05) is 4.47 Å². The van der Waals surface area contributed by atoms with Gasteiger partial charge >= 0.3 is 5.97 Å². The molecule has 1 aromatic rings. The predicted octanol–water partition coefficient (Wildman–Crippen LogP) is 0.742. The number of hydrogen-bond donors (Lipinski definition) is 0. The first kappa shape index (κ1) is 24.8. The maximum absolute atomic E-state index is 12.7. The van der Waals surface area contributed by atoms with Crippen molar-refractivity contribution < 1.29 is 32.4 Å². The molecule has 0 aliphatic carbocycles. The van der Waals surface area contributed by atoms with Gasteiger partial charge in [-0.3, -0.25) is 19.2 Å². The van der Waals surface area contributed by atoms with Crippen LogP contribution in [0, 0.1) is 5.92 Å². The zero-order valence-electron chi connectivity index (χ0n) is 18.2. The molecule has 1 fully saturated rings. The third-order valence-corrected chi connectivity index (χ3v) is 6.80. The molecule has 0 N–H and O–H groups in total. The number of piperidine rings is 1. The summed E-state index contributed by atoms with van der Waals surface area (Å²) in [5.74, 6) is -1.33. The fourth-order valence-electron chi connectivity index (χ4n) is 3.27. The molecule has 2 rings (SSSR count). The summed E-state index contributed by atoms with van der Waals surface area (Å²) in [4.78, 5) is 44.8. The van der Waals surface area contributed by atoms with Gasteiger partial charge in [0.2, 0.25) is 5.91 Å². The van der Waals surface area contributed by atoms with Crippen molar-refractivity contribution in [2.24, 2.45) is 5.92 Å². The Morgan fingerprint density at radius 2 is 1.81 bits per heavy atom. The monoisotopic (exact) mass is 455 g/mol. The van der Waals surface area contributed by atoms with Crippen molar-refractivity contribution in [2.45, 2.75) is 24.7 Å². The molecule has 0 saturated carbocycles. The Bertz CT molecular complexity index is 902. The molecule has 0 bridgehead atoms. The summed E-state index contributed by atoms with van der Waals surface area (Å²) in [6, 6.07) is 5.39. The van der Waals surface area contributed by atoms with Crippen molar-refractivity contribution in [3.8, 4) is 0 Å². The van der Waals surface area contributed by atoms with E-state index in [4.69, 9.17) is 9.57 Å². The lowest BCUT2D eigenvalue weighted by atomic mass is 9.98. The Kier molecular flexibility index (Phi) is 8.54. The first-order valence-corrected chi connectivity index (χ1v) is 11.4. The smallest absolute Gasteiger partial charge is 0.310 e. The van der Waals surface area contributed by atoms with Crippen LogP contribution in [0.3, 0.4) is 0 Å². The number of nitrogens with zero attached hydrogens (tertiary/aromatic N) is 3. The fourth-order valence-corrected chi connectivity index (χ4v) is 4.24. The molecule has 11 heteroatoms. The minimum absolute atomic E-state index is 0.0227. The number of rotatable bonds is 8. The SMILES string of the molecule is CCOC(=O)C1CCCN(C(=O)CN(C)C(=O)c2ccc(S(=O)(=O)N(C)OC)cc2)C1. The number of esters is 1. The van der Waals surface area contributed by atoms with Crippen LogP contribution in [-0.4, -0.2) is 87.9 Å². The van der Waals surface area contributed by atoms with Crippen LogP contribution < -0.4 is 0 Å². The van der Waals surface area contributed by atoms with Crippen LogP contribution in [0.1, 0.15) is 30.1 Å². The van der Waals surface area contributed by atoms with Gasteiger partial charge in [0.25, 0.3) is 15.9 Å². The van der Waals surface area contributed by atoms with Gasteiger partial charge in [-0.05, 0) is 44.0 Å². The van der Waals surface area contributed by atoms with Crippen molar-refractivity contribution in [1.82, 2.24) is 14.3 Å². The lowest BCUT2D eigenvalue weighted by Crippen LogP contribution is -2.47. The highest BCUT2D eigenvalue weighted by Gasteiger charge is 2.30. The molecule has 1 aliphatic rings. The van der Waals surface area contributed by atoms with E-state index in [1.54, 1.807) is 11.8 Å². The predicted molar refractivity (Wildman–Crippen MR) is 111 cm³/mol. The van der Waals surface area contributed by atoms with E-state index in [0.29, 0.717) is 26.0 Å². The van der Waals surface area contributed by atoms with Gasteiger partial charge in [-0.25, -0.2) is 8.42 Å². The number of carbonyl (C=O) groups excluding carboxylic acids is 3. The summed E-state index contributed by atoms with van der Waals surface area (Å²) >= 11 is 0. The first-order chi connectivity index (χ1) is 14.6. The number of carbonyl (C=O) groups is 3. The zero-order chi connectivity index (χ0) is 23.2. The number of sulfonamides is 1. The van der Waals surface area contributed by atoms with Crippen LogP contribution >= 0.6 is 0 Å². The Morgan fingerprint density at radius 1 is 1.16 bits per heavy atom. The van der Waals surface area contributed by atoms with Crippen molar-refractivity contribution in [2.75, 3.05) is 47.4 Å². The summed E-state index contributed by atoms with van der Waals surface area (Å²) in [5, 5.41) is 0. The van der Waals surface area contributed by atoms with Crippen LogP contribution in [0.2, 0.25) is 0 Å². The van der Waals surface area contributed by atoms with E-state index in [9.17, 15) is 22.8 Å². The van der Waals surface area contributed by atoms with E-state index >= 15 is 0 Å². The average molecular weight is 456 g/mol. The van der Waals surface area contributed by atoms with Gasteiger partial charge in [-0.15, -0.1) is 0 Å². The van der Waals surface area contributed by atoms with Gasteiger partial charge in [-0.2, -0.15) is 0 Å². The number of hydrogen-bond acceptors (Lipinski definition) is 7. The molecule has 1 aliphatic heterocycles. The maximum Gasteiger partial charge on any atom is 0.310 e. The number of likely N-dealkylation sites (N-methyl/N-ethyl adjacent to an activating group) is 1. The normalized spacial score (nSPS) is 16.8. The molecule has 1 saturated heterocycles. The number of benzene rings is 1. The molecule has 1 aromatic carbocycles. The highest BCUT2D eigenvalue weighted by atomic mass is 32.2. The molecule has 2 amide bonds. The van der Waals surface area contributed by atoms with Gasteiger partial charge in [0.1, 0.15) is 0 Å². The topological polar surface area (TPSA) is 114 Å². The molecule has 31 heavy (non-hydrogen) atoms. The maximum atomic E-state index is 12.7. The van der Waals surface area contributed by atoms with Crippen molar-refractivity contribution in [3.63, 3.8) is 0 Å². The summed E-state index contributed by atoms with van der Waals surface area (Å²) in [6.45, 7) is 2.68. The summed E-state index contributed by atoms with van der Waals surface area (Å²) in [7, 11) is 0.182. The van der Waals surface area contributed by atoms with Gasteiger partial charge in [0.05, 0.1) is 31.1 Å². The van der Waals surface area contributed by atoms with Crippen LogP contribution in [0.5, 0.6) is 0 Å². The molecule has 1 unspecified atom stereocenters. The lowest BCUT2D eigenvalue weighted by molar-refractivity contribution is -0.151. The number of hydroxylamine groups is 1. The molecule has 1 atom stereocenters. The third-order valence-electron chi connectivity index (χ3n) is 5.11. The Balaban J connectivity index is 2.00. The molecule has 0 radical (unpaired) electrons. The molecule has 0 aromatic heterocycles. The highest BCUT2D eigenvalue weighted by Crippen LogP contribution is 2.19. The van der Waals surface area contributed by atoms with E-state index in [-0.39, 0.29) is 41.3 Å². The number of amides is 2. The average Bonchev–Trinajstić information content (AvgIpc) is 2.78. The Labute approximate surface area is 182 Å². The van der Waals surface area contributed by atoms with Gasteiger partial charge < -0.3 is 14.5 Å². The highest BCUT2D eigenvalue weighted by molar-refractivity contribution is 7.89. The summed E-state index contributed by atoms with van der Waals surface area (Å²) < 4.78 is 30.2. The zero-order valence-corrected chi connectivity index (χ0v) is 19.1. The third kappa shape index (κ3) is 6.02. The van der Waals surface area contributed by atoms with Crippen molar-refractivity contribution >= 4 is 27.8 Å². The number of likely N-dealkylation sites (tertiary alicyclic amines) is 1. The van der Waals surface area contributed by atoms with Crippen molar-refractivity contribution in [1.29, 1.82) is 0 Å². The van der Waals surface area contributed by atoms with E-state index in [1.165, 1.54) is 50.4 Å². The second-order valence-electron chi connectivity index (χ2n) is 7.21. The minimum atomic E-state index is -3.81. The molecular formula is C20H29N3O7S. The second-order valence-corrected chi connectivity index (χ2v) is 9.15. The van der Waals surface area contributed by atoms with Crippen molar-refractivity contribution in [3.05, 3.63) is 29.8 Å². The first-order valence-electron chi connectivity index (χ1n) is 9.94. The van der Waals surface area contributed by atoms with E-state index in [2.05, 4.69) is 0 Å². The van der Waals surface area contributed by atoms with Gasteiger partial charge in [0.15, 0.2) is 0 Å². The Hall–Kier alpha value is -2.50. The number of ether oxygens (including phenoxy) is 1. The van der Waals surface area contributed by atoms with Crippen LogP contribution in [0.25, 0.3) is 0 Å². The molecular weight excluding hydrogens is 426 g/mol. The Morgan fingerprint density at radius 3 is 2.39 bits per heavy atom. The largest absolute Gasteiger partial charge is 0.466 e. The fraction of sp³-hybridized carbons (Fsp3) is 0.550. The summed E-state index contributed by atoms with van der Waals surface area (Å²) in [6.07, 6.45) is 1.36. The molecule has 172 valence electrons. The molecule has 0 spiro atoms. The molecule has 1 heterocycles. The lowest BCUT2D eigenvalue weighted by Gasteiger charge is -2.32. The van der Waals surface area contributed by atoms with E-state index < -0.39 is 15.9 Å². The summed E-state index contributed by atoms with van der Waals surface area (Å²) in [5.41, 5.74) is 0.248. The van der Waals surface area contributed by atoms with Gasteiger partial charge in [0, 0.05) is 32.7 Å². The van der Waals surface area contributed by atoms with E-state index in [0.717, 1.165) is 4.47 Å². The minimum Gasteiger partial charge on any atom is -0.466 e. The second kappa shape index (κ2) is 10.7. The van der Waals surface area contributed by atoms with Crippen LogP contribution in [0.4, 0.5) is 0 Å². The van der Waals surface area contributed by atoms with Crippen LogP contribution in [-0.2, 0) is 29.2 Å². The quantitative estimate of drug-likeness (QED) is 0.420. The van der Waals surface area contributed by atoms with Crippen LogP contribution in [0.15, 0.2) is 29.2 Å². The molecule has 10 nitrogen and oxygen atoms in total. The van der Waals surface area contributed by atoms with E-state index in [1.807, 2.05) is 0 Å².